The first-order valence-corrected chi connectivity index (χ1v) is 7.80. The number of carbonyl (C=O) groups is 1. The molecule has 1 aliphatic carbocycles. The maximum absolute atomic E-state index is 12.2. The van der Waals surface area contributed by atoms with Crippen molar-refractivity contribution in [3.63, 3.8) is 0 Å². The van der Waals surface area contributed by atoms with Crippen molar-refractivity contribution < 1.29 is 9.53 Å². The second-order valence-electron chi connectivity index (χ2n) is 6.50. The summed E-state index contributed by atoms with van der Waals surface area (Å²) in [5, 5.41) is 10.5. The van der Waals surface area contributed by atoms with E-state index in [4.69, 9.17) is 4.74 Å². The molecule has 0 unspecified atom stereocenters. The lowest BCUT2D eigenvalue weighted by Gasteiger charge is -2.51. The SMILES string of the molecule is CC1(C)[C@H](NC(=O)c2ccnnc2)C[C@H]1OCc1ccccc1. The van der Waals surface area contributed by atoms with Crippen LogP contribution in [0, 0.1) is 5.41 Å². The van der Waals surface area contributed by atoms with Crippen molar-refractivity contribution in [2.75, 3.05) is 0 Å². The van der Waals surface area contributed by atoms with E-state index in [0.717, 1.165) is 6.42 Å². The molecule has 1 N–H and O–H groups in total. The van der Waals surface area contributed by atoms with E-state index < -0.39 is 0 Å². The minimum Gasteiger partial charge on any atom is -0.373 e. The Labute approximate surface area is 136 Å². The number of rotatable bonds is 5. The first-order chi connectivity index (χ1) is 11.1. The maximum atomic E-state index is 12.2. The lowest BCUT2D eigenvalue weighted by molar-refractivity contribution is -0.122. The Hall–Kier alpha value is -2.27. The Morgan fingerprint density at radius 1 is 1.26 bits per heavy atom. The minimum absolute atomic E-state index is 0.0924. The summed E-state index contributed by atoms with van der Waals surface area (Å²) in [5.41, 5.74) is 1.60. The summed E-state index contributed by atoms with van der Waals surface area (Å²) >= 11 is 0. The first kappa shape index (κ1) is 15.6. The highest BCUT2D eigenvalue weighted by molar-refractivity contribution is 5.94. The van der Waals surface area contributed by atoms with E-state index in [-0.39, 0.29) is 23.5 Å². The lowest BCUT2D eigenvalue weighted by atomic mass is 9.64. The van der Waals surface area contributed by atoms with E-state index in [0.29, 0.717) is 12.2 Å². The average Bonchev–Trinajstić information content (AvgIpc) is 2.59. The molecule has 1 heterocycles. The molecule has 0 bridgehead atoms. The molecular formula is C18H21N3O2. The van der Waals surface area contributed by atoms with Crippen LogP contribution in [0.1, 0.15) is 36.2 Å². The molecule has 23 heavy (non-hydrogen) atoms. The largest absolute Gasteiger partial charge is 0.373 e. The number of carbonyl (C=O) groups excluding carboxylic acids is 1. The molecule has 1 aromatic heterocycles. The monoisotopic (exact) mass is 311 g/mol. The number of nitrogens with one attached hydrogen (secondary N) is 1. The maximum Gasteiger partial charge on any atom is 0.253 e. The normalized spacial score (nSPS) is 22.2. The van der Waals surface area contributed by atoms with Crippen LogP contribution in [0.2, 0.25) is 0 Å². The number of hydrogen-bond acceptors (Lipinski definition) is 4. The fraction of sp³-hybridized carbons (Fsp3) is 0.389. The highest BCUT2D eigenvalue weighted by Gasteiger charge is 2.49. The minimum atomic E-state index is -0.112. The van der Waals surface area contributed by atoms with Gasteiger partial charge in [-0.15, -0.1) is 0 Å². The molecule has 5 nitrogen and oxygen atoms in total. The zero-order valence-corrected chi connectivity index (χ0v) is 13.4. The first-order valence-electron chi connectivity index (χ1n) is 7.80. The van der Waals surface area contributed by atoms with Crippen molar-refractivity contribution in [2.24, 2.45) is 5.41 Å². The molecule has 2 aromatic rings. The highest BCUT2D eigenvalue weighted by Crippen LogP contribution is 2.43. The molecule has 1 fully saturated rings. The number of ether oxygens (including phenoxy) is 1. The lowest BCUT2D eigenvalue weighted by Crippen LogP contribution is -2.62. The van der Waals surface area contributed by atoms with Gasteiger partial charge in [-0.05, 0) is 18.1 Å². The predicted octanol–water partition coefficient (Wildman–Crippen LogP) is 2.59. The molecule has 0 aliphatic heterocycles. The Balaban J connectivity index is 1.53. The number of nitrogens with zero attached hydrogens (tertiary/aromatic N) is 2. The fourth-order valence-corrected chi connectivity index (χ4v) is 2.85. The average molecular weight is 311 g/mol. The van der Waals surface area contributed by atoms with Gasteiger partial charge < -0.3 is 10.1 Å². The number of hydrogen-bond donors (Lipinski definition) is 1. The van der Waals surface area contributed by atoms with E-state index in [1.165, 1.54) is 18.0 Å². The Bertz CT molecular complexity index is 658. The van der Waals surface area contributed by atoms with E-state index in [2.05, 4.69) is 41.5 Å². The molecule has 5 heteroatoms. The van der Waals surface area contributed by atoms with Crippen LogP contribution in [-0.4, -0.2) is 28.3 Å². The molecule has 1 saturated carbocycles. The van der Waals surface area contributed by atoms with Crippen LogP contribution in [-0.2, 0) is 11.3 Å². The van der Waals surface area contributed by atoms with Crippen LogP contribution in [0.3, 0.4) is 0 Å². The van der Waals surface area contributed by atoms with Gasteiger partial charge in [0.05, 0.1) is 30.7 Å². The van der Waals surface area contributed by atoms with Gasteiger partial charge in [-0.3, -0.25) is 4.79 Å². The standard InChI is InChI=1S/C18H21N3O2/c1-18(2)15(21-17(22)14-8-9-19-20-11-14)10-16(18)23-12-13-6-4-3-5-7-13/h3-9,11,15-16H,10,12H2,1-2H3,(H,21,22)/t15-,16-/m1/s1. The highest BCUT2D eigenvalue weighted by atomic mass is 16.5. The quantitative estimate of drug-likeness (QED) is 0.922. The van der Waals surface area contributed by atoms with Crippen molar-refractivity contribution in [3.05, 3.63) is 59.9 Å². The molecule has 0 spiro atoms. The Morgan fingerprint density at radius 3 is 2.70 bits per heavy atom. The summed E-state index contributed by atoms with van der Waals surface area (Å²) in [5.74, 6) is -0.112. The van der Waals surface area contributed by atoms with Crippen molar-refractivity contribution in [1.82, 2.24) is 15.5 Å². The third-order valence-electron chi connectivity index (χ3n) is 4.62. The molecule has 1 aromatic carbocycles. The third-order valence-corrected chi connectivity index (χ3v) is 4.62. The summed E-state index contributed by atoms with van der Waals surface area (Å²) in [4.78, 5) is 12.2. The molecule has 0 radical (unpaired) electrons. The summed E-state index contributed by atoms with van der Waals surface area (Å²) in [6.45, 7) is 4.85. The van der Waals surface area contributed by atoms with Crippen molar-refractivity contribution >= 4 is 5.91 Å². The van der Waals surface area contributed by atoms with E-state index in [1.807, 2.05) is 18.2 Å². The Kier molecular flexibility index (Phi) is 4.39. The van der Waals surface area contributed by atoms with E-state index in [1.54, 1.807) is 6.07 Å². The zero-order valence-electron chi connectivity index (χ0n) is 13.4. The van der Waals surface area contributed by atoms with Gasteiger partial charge in [0, 0.05) is 11.5 Å². The molecule has 120 valence electrons. The molecule has 3 rings (SSSR count). The number of aromatic nitrogens is 2. The van der Waals surface area contributed by atoms with E-state index in [9.17, 15) is 4.79 Å². The van der Waals surface area contributed by atoms with Gasteiger partial charge >= 0.3 is 0 Å². The smallest absolute Gasteiger partial charge is 0.253 e. The van der Waals surface area contributed by atoms with Gasteiger partial charge in [-0.25, -0.2) is 0 Å². The van der Waals surface area contributed by atoms with Crippen LogP contribution < -0.4 is 5.32 Å². The Morgan fingerprint density at radius 2 is 2.04 bits per heavy atom. The third kappa shape index (κ3) is 3.40. The molecule has 1 aliphatic rings. The van der Waals surface area contributed by atoms with Crippen LogP contribution in [0.4, 0.5) is 0 Å². The molecular weight excluding hydrogens is 290 g/mol. The molecule has 0 saturated heterocycles. The zero-order chi connectivity index (χ0) is 16.3. The van der Waals surface area contributed by atoms with Crippen molar-refractivity contribution in [3.8, 4) is 0 Å². The van der Waals surface area contributed by atoms with E-state index >= 15 is 0 Å². The second-order valence-corrected chi connectivity index (χ2v) is 6.50. The van der Waals surface area contributed by atoms with Gasteiger partial charge in [-0.2, -0.15) is 10.2 Å². The molecule has 2 atom stereocenters. The summed E-state index contributed by atoms with van der Waals surface area (Å²) in [7, 11) is 0. The van der Waals surface area contributed by atoms with Gasteiger partial charge in [0.1, 0.15) is 0 Å². The van der Waals surface area contributed by atoms with Crippen LogP contribution >= 0.6 is 0 Å². The van der Waals surface area contributed by atoms with Gasteiger partial charge in [0.2, 0.25) is 0 Å². The van der Waals surface area contributed by atoms with Gasteiger partial charge in [-0.1, -0.05) is 44.2 Å². The summed E-state index contributed by atoms with van der Waals surface area (Å²) in [6, 6.07) is 11.9. The van der Waals surface area contributed by atoms with Crippen LogP contribution in [0.5, 0.6) is 0 Å². The fourth-order valence-electron chi connectivity index (χ4n) is 2.85. The summed E-state index contributed by atoms with van der Waals surface area (Å²) in [6.07, 6.45) is 3.96. The van der Waals surface area contributed by atoms with Crippen molar-refractivity contribution in [1.29, 1.82) is 0 Å². The summed E-state index contributed by atoms with van der Waals surface area (Å²) < 4.78 is 6.02. The van der Waals surface area contributed by atoms with Crippen molar-refractivity contribution in [2.45, 2.75) is 39.0 Å². The predicted molar refractivity (Wildman–Crippen MR) is 86.7 cm³/mol. The number of benzene rings is 1. The van der Waals surface area contributed by atoms with Crippen LogP contribution in [0.25, 0.3) is 0 Å². The molecule has 1 amide bonds. The van der Waals surface area contributed by atoms with Crippen LogP contribution in [0.15, 0.2) is 48.8 Å². The topological polar surface area (TPSA) is 64.1 Å². The van der Waals surface area contributed by atoms with Gasteiger partial charge in [0.25, 0.3) is 5.91 Å². The number of amides is 1. The second kappa shape index (κ2) is 6.46. The van der Waals surface area contributed by atoms with Gasteiger partial charge in [0.15, 0.2) is 0 Å².